The van der Waals surface area contributed by atoms with Crippen molar-refractivity contribution in [2.45, 2.75) is 128 Å². The number of hydrogen-bond acceptors (Lipinski definition) is 6. The Morgan fingerprint density at radius 2 is 1.32 bits per heavy atom. The van der Waals surface area contributed by atoms with Crippen molar-refractivity contribution in [3.05, 3.63) is 99.4 Å². The Balaban J connectivity index is 0.000000178. The number of ketones is 3. The lowest BCUT2D eigenvalue weighted by molar-refractivity contribution is -0.124. The molecule has 4 aliphatic rings. The van der Waals surface area contributed by atoms with Crippen molar-refractivity contribution in [2.75, 3.05) is 7.11 Å². The monoisotopic (exact) mass is 675 g/mol. The molecule has 1 heterocycles. The van der Waals surface area contributed by atoms with Crippen LogP contribution in [0.5, 0.6) is 0 Å². The minimum absolute atomic E-state index is 0.112. The van der Waals surface area contributed by atoms with Crippen LogP contribution < -0.4 is 0 Å². The highest BCUT2D eigenvalue weighted by Crippen LogP contribution is 2.51. The molecule has 6 nitrogen and oxygen atoms in total. The van der Waals surface area contributed by atoms with Crippen LogP contribution >= 0.6 is 0 Å². The van der Waals surface area contributed by atoms with Crippen LogP contribution in [-0.4, -0.2) is 35.4 Å². The first kappa shape index (κ1) is 35.9. The molecular weight excluding hydrogens is 622 g/mol. The number of aromatic nitrogens is 1. The van der Waals surface area contributed by atoms with Crippen LogP contribution in [0.25, 0.3) is 0 Å². The van der Waals surface area contributed by atoms with Crippen LogP contribution in [0.15, 0.2) is 54.7 Å². The van der Waals surface area contributed by atoms with E-state index in [1.54, 1.807) is 6.20 Å². The smallest absolute Gasteiger partial charge is 0.337 e. The number of esters is 1. The van der Waals surface area contributed by atoms with Gasteiger partial charge in [-0.3, -0.25) is 19.4 Å². The molecule has 7 rings (SSSR count). The first-order valence-electron chi connectivity index (χ1n) is 19.0. The number of carbonyl (C=O) groups is 4. The largest absolute Gasteiger partial charge is 0.465 e. The van der Waals surface area contributed by atoms with E-state index in [1.165, 1.54) is 29.4 Å². The standard InChI is InChI=1S/C25H29NO2.C19H24O3/c1-3-25-12-11-22(27)16-21(25)8-4-6-19-14-20(9-10-23(19)25)24(28)15-18-7-5-13-26-17(18)2;1-3-19-10-9-16(20)12-15(19)6-4-5-13-11-14(18(21)22-2)7-8-17(13)19/h5,7,9-10,13-14,21H,3-4,6,8,11-12,15-16H2,1-2H3;7-8,11,15H,3-6,9-10,12H2,1-2H3/t21-,25+;15-,19+/m00/s1. The molecule has 2 fully saturated rings. The number of ether oxygens (including phenoxy) is 1. The Kier molecular flexibility index (Phi) is 10.9. The van der Waals surface area contributed by atoms with Crippen LogP contribution in [0, 0.1) is 18.8 Å². The second-order valence-corrected chi connectivity index (χ2v) is 15.3. The fraction of sp³-hybridized carbons (Fsp3) is 0.523. The zero-order valence-electron chi connectivity index (χ0n) is 30.4. The maximum atomic E-state index is 12.9. The SMILES string of the molecule is CC[C@@]12CCC(=O)C[C@@H]1CCCc1cc(C(=O)Cc3cccnc3C)ccc12.CC[C@@]12CCC(=O)C[C@@H]1CCCc1cc(C(=O)OC)ccc12. The zero-order chi connectivity index (χ0) is 35.5. The van der Waals surface area contributed by atoms with Crippen LogP contribution in [0.4, 0.5) is 0 Å². The molecular formula is C44H53NO5. The van der Waals surface area contributed by atoms with E-state index >= 15 is 0 Å². The highest BCUT2D eigenvalue weighted by molar-refractivity contribution is 5.98. The predicted molar refractivity (Wildman–Crippen MR) is 196 cm³/mol. The highest BCUT2D eigenvalue weighted by Gasteiger charge is 2.46. The summed E-state index contributed by atoms with van der Waals surface area (Å²) in [4.78, 5) is 53.1. The second-order valence-electron chi connectivity index (χ2n) is 15.3. The number of benzene rings is 2. The van der Waals surface area contributed by atoms with E-state index in [1.807, 2.05) is 37.3 Å². The molecule has 0 amide bonds. The molecule has 4 aliphatic carbocycles. The van der Waals surface area contributed by atoms with Gasteiger partial charge in [-0.2, -0.15) is 0 Å². The van der Waals surface area contributed by atoms with Crippen molar-refractivity contribution in [3.63, 3.8) is 0 Å². The minimum Gasteiger partial charge on any atom is -0.465 e. The van der Waals surface area contributed by atoms with Gasteiger partial charge in [-0.1, -0.05) is 38.1 Å². The Labute approximate surface area is 297 Å². The van der Waals surface area contributed by atoms with Crippen molar-refractivity contribution < 1.29 is 23.9 Å². The van der Waals surface area contributed by atoms with Gasteiger partial charge in [0.1, 0.15) is 11.6 Å². The fourth-order valence-electron chi connectivity index (χ4n) is 10.1. The number of nitrogens with zero attached hydrogens (tertiary/aromatic N) is 1. The predicted octanol–water partition coefficient (Wildman–Crippen LogP) is 9.00. The van der Waals surface area contributed by atoms with Gasteiger partial charge in [0.2, 0.25) is 0 Å². The van der Waals surface area contributed by atoms with Gasteiger partial charge in [0.15, 0.2) is 5.78 Å². The summed E-state index contributed by atoms with van der Waals surface area (Å²) in [6, 6.07) is 16.3. The van der Waals surface area contributed by atoms with Crippen molar-refractivity contribution in [3.8, 4) is 0 Å². The van der Waals surface area contributed by atoms with Crippen LogP contribution in [0.3, 0.4) is 0 Å². The molecule has 0 radical (unpaired) electrons. The van der Waals surface area contributed by atoms with Crippen LogP contribution in [-0.2, 0) is 44.4 Å². The second kappa shape index (κ2) is 15.1. The normalized spacial score (nSPS) is 25.7. The third kappa shape index (κ3) is 6.87. The lowest BCUT2D eigenvalue weighted by atomic mass is 9.60. The van der Waals surface area contributed by atoms with Gasteiger partial charge in [0.25, 0.3) is 0 Å². The molecule has 2 saturated carbocycles. The number of methoxy groups -OCH3 is 1. The number of fused-ring (bicyclic) bond motifs is 6. The summed E-state index contributed by atoms with van der Waals surface area (Å²) in [7, 11) is 1.42. The van der Waals surface area contributed by atoms with E-state index in [0.29, 0.717) is 48.2 Å². The molecule has 0 spiro atoms. The summed E-state index contributed by atoms with van der Waals surface area (Å²) in [6.45, 7) is 6.46. The number of pyridine rings is 1. The lowest BCUT2D eigenvalue weighted by Crippen LogP contribution is -2.40. The van der Waals surface area contributed by atoms with Gasteiger partial charge in [-0.05, 0) is 146 Å². The first-order chi connectivity index (χ1) is 24.1. The van der Waals surface area contributed by atoms with Crippen molar-refractivity contribution in [2.24, 2.45) is 11.8 Å². The molecule has 6 heteroatoms. The van der Waals surface area contributed by atoms with E-state index in [9.17, 15) is 19.2 Å². The lowest BCUT2D eigenvalue weighted by Gasteiger charge is -2.43. The van der Waals surface area contributed by atoms with Crippen LogP contribution in [0.1, 0.15) is 145 Å². The summed E-state index contributed by atoms with van der Waals surface area (Å²) >= 11 is 0. The number of aryl methyl sites for hydroxylation is 3. The molecule has 4 atom stereocenters. The molecule has 0 bridgehead atoms. The number of Topliss-reactive ketones (excluding diaryl/α,β-unsaturated/α-hetero) is 3. The zero-order valence-corrected chi connectivity index (χ0v) is 30.4. The molecule has 0 saturated heterocycles. The average Bonchev–Trinajstić information content (AvgIpc) is 3.39. The van der Waals surface area contributed by atoms with Gasteiger partial charge in [0, 0.05) is 49.6 Å². The van der Waals surface area contributed by atoms with E-state index in [0.717, 1.165) is 93.9 Å². The van der Waals surface area contributed by atoms with Gasteiger partial charge in [-0.15, -0.1) is 0 Å². The maximum absolute atomic E-state index is 12.9. The third-order valence-corrected chi connectivity index (χ3v) is 13.0. The molecule has 0 aliphatic heterocycles. The summed E-state index contributed by atoms with van der Waals surface area (Å²) in [6.07, 6.45) is 15.5. The molecule has 264 valence electrons. The van der Waals surface area contributed by atoms with E-state index in [-0.39, 0.29) is 22.6 Å². The van der Waals surface area contributed by atoms with Crippen molar-refractivity contribution in [1.29, 1.82) is 0 Å². The van der Waals surface area contributed by atoms with Gasteiger partial charge >= 0.3 is 5.97 Å². The van der Waals surface area contributed by atoms with E-state index < -0.39 is 0 Å². The minimum atomic E-state index is -0.270. The third-order valence-electron chi connectivity index (χ3n) is 13.0. The maximum Gasteiger partial charge on any atom is 0.337 e. The Morgan fingerprint density at radius 1 is 0.780 bits per heavy atom. The Bertz CT molecular complexity index is 1780. The van der Waals surface area contributed by atoms with Crippen molar-refractivity contribution in [1.82, 2.24) is 4.98 Å². The number of rotatable bonds is 6. The topological polar surface area (TPSA) is 90.4 Å². The average molecular weight is 676 g/mol. The van der Waals surface area contributed by atoms with E-state index in [2.05, 4.69) is 37.0 Å². The number of hydrogen-bond donors (Lipinski definition) is 0. The molecule has 0 unspecified atom stereocenters. The van der Waals surface area contributed by atoms with E-state index in [4.69, 9.17) is 4.74 Å². The molecule has 50 heavy (non-hydrogen) atoms. The van der Waals surface area contributed by atoms with Gasteiger partial charge in [0.05, 0.1) is 12.7 Å². The summed E-state index contributed by atoms with van der Waals surface area (Å²) in [5.41, 5.74) is 8.97. The molecule has 2 aromatic carbocycles. The molecule has 0 N–H and O–H groups in total. The van der Waals surface area contributed by atoms with Gasteiger partial charge < -0.3 is 4.74 Å². The van der Waals surface area contributed by atoms with Gasteiger partial charge in [-0.25, -0.2) is 4.79 Å². The fourth-order valence-corrected chi connectivity index (χ4v) is 10.1. The Morgan fingerprint density at radius 3 is 1.84 bits per heavy atom. The molecule has 1 aromatic heterocycles. The molecule has 3 aromatic rings. The van der Waals surface area contributed by atoms with Crippen LogP contribution in [0.2, 0.25) is 0 Å². The summed E-state index contributed by atoms with van der Waals surface area (Å²) < 4.78 is 4.85. The summed E-state index contributed by atoms with van der Waals surface area (Å²) in [5.74, 6) is 1.65. The highest BCUT2D eigenvalue weighted by atomic mass is 16.5. The summed E-state index contributed by atoms with van der Waals surface area (Å²) in [5, 5.41) is 0. The quantitative estimate of drug-likeness (QED) is 0.191. The Hall–Kier alpha value is -3.93. The van der Waals surface area contributed by atoms with Crippen molar-refractivity contribution >= 4 is 23.3 Å². The first-order valence-corrected chi connectivity index (χ1v) is 19.0. The number of carbonyl (C=O) groups excluding carboxylic acids is 4.